The Morgan fingerprint density at radius 2 is 2.28 bits per heavy atom. The minimum atomic E-state index is -0.0402. The van der Waals surface area contributed by atoms with E-state index in [-0.39, 0.29) is 24.4 Å². The molecule has 1 aromatic rings. The van der Waals surface area contributed by atoms with E-state index < -0.39 is 0 Å². The Morgan fingerprint density at radius 1 is 1.56 bits per heavy atom. The van der Waals surface area contributed by atoms with E-state index in [4.69, 9.17) is 5.73 Å². The van der Waals surface area contributed by atoms with Crippen molar-refractivity contribution >= 4 is 18.3 Å². The molecule has 0 bridgehead atoms. The standard InChI is InChI=1S/C12H20N4O.ClH/c1-8-10(7-14-16-8)12(17)15-11-5-3-2-4-9(11)6-13;/h7,9,11H,2-6,13H2,1H3,(H,14,16)(H,15,17);1H. The van der Waals surface area contributed by atoms with Crippen LogP contribution in [0.2, 0.25) is 0 Å². The van der Waals surface area contributed by atoms with E-state index in [2.05, 4.69) is 15.5 Å². The number of carbonyl (C=O) groups is 1. The van der Waals surface area contributed by atoms with Gasteiger partial charge in [-0.05, 0) is 32.2 Å². The average Bonchev–Trinajstić information content (AvgIpc) is 2.76. The highest BCUT2D eigenvalue weighted by molar-refractivity contribution is 5.95. The Morgan fingerprint density at radius 3 is 2.89 bits per heavy atom. The van der Waals surface area contributed by atoms with Gasteiger partial charge in [0.15, 0.2) is 0 Å². The fraction of sp³-hybridized carbons (Fsp3) is 0.667. The highest BCUT2D eigenvalue weighted by Gasteiger charge is 2.26. The van der Waals surface area contributed by atoms with Gasteiger partial charge in [-0.1, -0.05) is 12.8 Å². The van der Waals surface area contributed by atoms with Crippen LogP contribution in [0, 0.1) is 12.8 Å². The number of nitrogens with two attached hydrogens (primary N) is 1. The van der Waals surface area contributed by atoms with Gasteiger partial charge in [-0.2, -0.15) is 5.10 Å². The number of nitrogens with zero attached hydrogens (tertiary/aromatic N) is 1. The fourth-order valence-corrected chi connectivity index (χ4v) is 2.51. The second kappa shape index (κ2) is 6.75. The third-order valence-corrected chi connectivity index (χ3v) is 3.60. The Labute approximate surface area is 113 Å². The zero-order valence-electron chi connectivity index (χ0n) is 10.6. The third-order valence-electron chi connectivity index (χ3n) is 3.60. The molecule has 1 amide bonds. The molecule has 0 saturated heterocycles. The van der Waals surface area contributed by atoms with Crippen molar-refractivity contribution in [2.75, 3.05) is 6.54 Å². The van der Waals surface area contributed by atoms with E-state index in [0.717, 1.165) is 18.5 Å². The summed E-state index contributed by atoms with van der Waals surface area (Å²) < 4.78 is 0. The second-order valence-electron chi connectivity index (χ2n) is 4.77. The summed E-state index contributed by atoms with van der Waals surface area (Å²) in [4.78, 5) is 12.0. The smallest absolute Gasteiger partial charge is 0.254 e. The first-order chi connectivity index (χ1) is 8.22. The van der Waals surface area contributed by atoms with Crippen LogP contribution in [0.1, 0.15) is 41.7 Å². The lowest BCUT2D eigenvalue weighted by Crippen LogP contribution is -2.44. The summed E-state index contributed by atoms with van der Waals surface area (Å²) in [6.45, 7) is 2.50. The maximum absolute atomic E-state index is 12.0. The molecule has 5 nitrogen and oxygen atoms in total. The molecule has 102 valence electrons. The molecule has 1 aliphatic rings. The summed E-state index contributed by atoms with van der Waals surface area (Å²) in [5.74, 6) is 0.376. The van der Waals surface area contributed by atoms with E-state index in [1.54, 1.807) is 6.20 Å². The maximum atomic E-state index is 12.0. The van der Waals surface area contributed by atoms with Crippen molar-refractivity contribution < 1.29 is 4.79 Å². The van der Waals surface area contributed by atoms with Crippen LogP contribution in [-0.2, 0) is 0 Å². The molecule has 0 aromatic carbocycles. The molecule has 1 aliphatic carbocycles. The molecular formula is C12H21ClN4O. The number of amides is 1. The van der Waals surface area contributed by atoms with Crippen LogP contribution >= 0.6 is 12.4 Å². The van der Waals surface area contributed by atoms with Crippen molar-refractivity contribution in [3.63, 3.8) is 0 Å². The van der Waals surface area contributed by atoms with Gasteiger partial charge >= 0.3 is 0 Å². The van der Waals surface area contributed by atoms with E-state index in [1.807, 2.05) is 6.92 Å². The van der Waals surface area contributed by atoms with Gasteiger partial charge in [0, 0.05) is 11.7 Å². The zero-order chi connectivity index (χ0) is 12.3. The maximum Gasteiger partial charge on any atom is 0.254 e. The number of hydrogen-bond donors (Lipinski definition) is 3. The van der Waals surface area contributed by atoms with Gasteiger partial charge in [0.2, 0.25) is 0 Å². The summed E-state index contributed by atoms with van der Waals surface area (Å²) in [7, 11) is 0. The molecule has 0 aliphatic heterocycles. The molecule has 4 N–H and O–H groups in total. The molecule has 6 heteroatoms. The second-order valence-corrected chi connectivity index (χ2v) is 4.77. The van der Waals surface area contributed by atoms with Gasteiger partial charge < -0.3 is 11.1 Å². The molecule has 2 unspecified atom stereocenters. The Kier molecular flexibility index (Phi) is 5.62. The molecule has 1 saturated carbocycles. The summed E-state index contributed by atoms with van der Waals surface area (Å²) in [5, 5.41) is 9.73. The number of rotatable bonds is 3. The summed E-state index contributed by atoms with van der Waals surface area (Å²) in [6, 6.07) is 0.218. The van der Waals surface area contributed by atoms with Crippen LogP contribution < -0.4 is 11.1 Å². The lowest BCUT2D eigenvalue weighted by Gasteiger charge is -2.31. The molecule has 1 aromatic heterocycles. The first kappa shape index (κ1) is 15.0. The number of carbonyl (C=O) groups excluding carboxylic acids is 1. The van der Waals surface area contributed by atoms with Crippen molar-refractivity contribution in [1.82, 2.24) is 15.5 Å². The normalized spacial score (nSPS) is 23.2. The quantitative estimate of drug-likeness (QED) is 0.777. The molecule has 18 heavy (non-hydrogen) atoms. The summed E-state index contributed by atoms with van der Waals surface area (Å²) in [6.07, 6.45) is 6.12. The molecule has 1 heterocycles. The van der Waals surface area contributed by atoms with E-state index in [0.29, 0.717) is 18.0 Å². The first-order valence-corrected chi connectivity index (χ1v) is 6.23. The Bertz CT molecular complexity index is 393. The van der Waals surface area contributed by atoms with Crippen molar-refractivity contribution in [3.8, 4) is 0 Å². The minimum Gasteiger partial charge on any atom is -0.349 e. The molecule has 1 fully saturated rings. The van der Waals surface area contributed by atoms with Gasteiger partial charge in [-0.25, -0.2) is 0 Å². The van der Waals surface area contributed by atoms with E-state index >= 15 is 0 Å². The van der Waals surface area contributed by atoms with Gasteiger partial charge in [0.1, 0.15) is 0 Å². The number of aromatic amines is 1. The fourth-order valence-electron chi connectivity index (χ4n) is 2.51. The SMILES string of the molecule is Cc1[nH]ncc1C(=O)NC1CCCCC1CN.Cl. The van der Waals surface area contributed by atoms with E-state index in [9.17, 15) is 4.79 Å². The molecule has 0 spiro atoms. The van der Waals surface area contributed by atoms with E-state index in [1.165, 1.54) is 12.8 Å². The molecule has 0 radical (unpaired) electrons. The Balaban J connectivity index is 0.00000162. The summed E-state index contributed by atoms with van der Waals surface area (Å²) >= 11 is 0. The average molecular weight is 273 g/mol. The number of halogens is 1. The highest BCUT2D eigenvalue weighted by Crippen LogP contribution is 2.23. The van der Waals surface area contributed by atoms with Crippen molar-refractivity contribution in [1.29, 1.82) is 0 Å². The predicted octanol–water partition coefficient (Wildman–Crippen LogP) is 1.39. The topological polar surface area (TPSA) is 83.8 Å². The number of aryl methyl sites for hydroxylation is 1. The van der Waals surface area contributed by atoms with Crippen LogP contribution in [-0.4, -0.2) is 28.7 Å². The van der Waals surface area contributed by atoms with Crippen LogP contribution in [0.15, 0.2) is 6.20 Å². The number of hydrogen-bond acceptors (Lipinski definition) is 3. The third kappa shape index (κ3) is 3.23. The van der Waals surface area contributed by atoms with Gasteiger partial charge in [-0.15, -0.1) is 12.4 Å². The van der Waals surface area contributed by atoms with Gasteiger partial charge in [0.25, 0.3) is 5.91 Å². The first-order valence-electron chi connectivity index (χ1n) is 6.23. The lowest BCUT2D eigenvalue weighted by molar-refractivity contribution is 0.0907. The van der Waals surface area contributed by atoms with Crippen molar-refractivity contribution in [2.45, 2.75) is 38.6 Å². The van der Waals surface area contributed by atoms with Crippen LogP contribution in [0.25, 0.3) is 0 Å². The number of H-pyrrole nitrogens is 1. The van der Waals surface area contributed by atoms with Gasteiger partial charge in [-0.3, -0.25) is 9.89 Å². The van der Waals surface area contributed by atoms with Crippen LogP contribution in [0.4, 0.5) is 0 Å². The highest BCUT2D eigenvalue weighted by atomic mass is 35.5. The van der Waals surface area contributed by atoms with Crippen molar-refractivity contribution in [2.24, 2.45) is 11.7 Å². The minimum absolute atomic E-state index is 0. The van der Waals surface area contributed by atoms with Crippen molar-refractivity contribution in [3.05, 3.63) is 17.5 Å². The van der Waals surface area contributed by atoms with Crippen LogP contribution in [0.3, 0.4) is 0 Å². The molecule has 2 atom stereocenters. The molecule has 2 rings (SSSR count). The van der Waals surface area contributed by atoms with Crippen LogP contribution in [0.5, 0.6) is 0 Å². The van der Waals surface area contributed by atoms with Gasteiger partial charge in [0.05, 0.1) is 11.8 Å². The summed E-state index contributed by atoms with van der Waals surface area (Å²) in [5.41, 5.74) is 7.19. The Hall–Kier alpha value is -1.07. The lowest BCUT2D eigenvalue weighted by atomic mass is 9.84. The molecular weight excluding hydrogens is 252 g/mol. The number of nitrogens with one attached hydrogen (secondary N) is 2. The number of aromatic nitrogens is 2. The largest absolute Gasteiger partial charge is 0.349 e. The monoisotopic (exact) mass is 272 g/mol. The zero-order valence-corrected chi connectivity index (χ0v) is 11.4. The predicted molar refractivity (Wildman–Crippen MR) is 72.8 cm³/mol.